The second-order valence-corrected chi connectivity index (χ2v) is 6.14. The molecule has 0 unspecified atom stereocenters. The largest absolute Gasteiger partial charge is 0.347 e. The summed E-state index contributed by atoms with van der Waals surface area (Å²) in [6, 6.07) is 15.6. The van der Waals surface area contributed by atoms with Gasteiger partial charge in [-0.1, -0.05) is 42.5 Å². The molecule has 0 atom stereocenters. The Morgan fingerprint density at radius 2 is 1.64 bits per heavy atom. The first-order valence-corrected chi connectivity index (χ1v) is 8.34. The van der Waals surface area contributed by atoms with Crippen LogP contribution in [0.2, 0.25) is 0 Å². The van der Waals surface area contributed by atoms with Crippen molar-refractivity contribution in [2.24, 2.45) is 0 Å². The Labute approximate surface area is 147 Å². The van der Waals surface area contributed by atoms with Crippen molar-refractivity contribution < 1.29 is 14.0 Å². The van der Waals surface area contributed by atoms with E-state index in [-0.39, 0.29) is 11.9 Å². The van der Waals surface area contributed by atoms with Gasteiger partial charge >= 0.3 is 11.8 Å². The van der Waals surface area contributed by atoms with Gasteiger partial charge in [-0.2, -0.15) is 0 Å². The molecular weight excluding hydrogens is 319 g/mol. The molecule has 0 aliphatic rings. The molecule has 0 spiro atoms. The van der Waals surface area contributed by atoms with Crippen molar-refractivity contribution in [2.75, 3.05) is 6.54 Å². The maximum absolute atomic E-state index is 12.9. The average Bonchev–Trinajstić information content (AvgIpc) is 2.61. The Morgan fingerprint density at radius 1 is 1.00 bits per heavy atom. The van der Waals surface area contributed by atoms with E-state index >= 15 is 0 Å². The minimum Gasteiger partial charge on any atom is -0.347 e. The molecule has 4 nitrogen and oxygen atoms in total. The monoisotopic (exact) mass is 342 g/mol. The van der Waals surface area contributed by atoms with Crippen LogP contribution in [0.4, 0.5) is 4.39 Å². The minimum absolute atomic E-state index is 0.0874. The Hall–Kier alpha value is -2.69. The fourth-order valence-corrected chi connectivity index (χ4v) is 2.45. The topological polar surface area (TPSA) is 49.4 Å². The summed E-state index contributed by atoms with van der Waals surface area (Å²) < 4.78 is 12.9. The van der Waals surface area contributed by atoms with Gasteiger partial charge in [0.1, 0.15) is 5.82 Å². The number of rotatable bonds is 6. The van der Waals surface area contributed by atoms with E-state index in [1.165, 1.54) is 12.1 Å². The van der Waals surface area contributed by atoms with E-state index in [0.29, 0.717) is 19.5 Å². The highest BCUT2D eigenvalue weighted by molar-refractivity contribution is 6.35. The molecule has 2 rings (SSSR count). The molecule has 2 amide bonds. The molecule has 0 heterocycles. The summed E-state index contributed by atoms with van der Waals surface area (Å²) in [5.41, 5.74) is 1.88. The second-order valence-electron chi connectivity index (χ2n) is 6.14. The number of hydrogen-bond acceptors (Lipinski definition) is 2. The molecule has 0 aliphatic heterocycles. The lowest BCUT2D eigenvalue weighted by molar-refractivity contribution is -0.147. The van der Waals surface area contributed by atoms with E-state index < -0.39 is 11.8 Å². The van der Waals surface area contributed by atoms with E-state index in [4.69, 9.17) is 0 Å². The molecule has 0 bridgehead atoms. The van der Waals surface area contributed by atoms with Gasteiger partial charge in [0.15, 0.2) is 0 Å². The Balaban J connectivity index is 1.89. The molecule has 0 aliphatic carbocycles. The SMILES string of the molecule is CC(C)N(Cc1ccccc1)C(=O)C(=O)NCCc1ccc(F)cc1. The minimum atomic E-state index is -0.619. The van der Waals surface area contributed by atoms with Crippen LogP contribution in [-0.4, -0.2) is 29.3 Å². The fraction of sp³-hybridized carbons (Fsp3) is 0.300. The predicted molar refractivity (Wildman–Crippen MR) is 95.2 cm³/mol. The molecule has 5 heteroatoms. The molecule has 2 aromatic rings. The number of carbonyl (C=O) groups excluding carboxylic acids is 2. The van der Waals surface area contributed by atoms with Crippen molar-refractivity contribution >= 4 is 11.8 Å². The summed E-state index contributed by atoms with van der Waals surface area (Å²) in [6.07, 6.45) is 0.541. The van der Waals surface area contributed by atoms with E-state index in [1.54, 1.807) is 17.0 Å². The number of halogens is 1. The number of amides is 2. The van der Waals surface area contributed by atoms with Gasteiger partial charge in [-0.25, -0.2) is 4.39 Å². The van der Waals surface area contributed by atoms with E-state index in [1.807, 2.05) is 44.2 Å². The molecular formula is C20H23FN2O2. The molecule has 0 saturated carbocycles. The summed E-state index contributed by atoms with van der Waals surface area (Å²) >= 11 is 0. The van der Waals surface area contributed by atoms with Gasteiger partial charge in [0.05, 0.1) is 0 Å². The smallest absolute Gasteiger partial charge is 0.312 e. The Morgan fingerprint density at radius 3 is 2.24 bits per heavy atom. The zero-order valence-electron chi connectivity index (χ0n) is 14.5. The standard InChI is InChI=1S/C20H23FN2O2/c1-15(2)23(14-17-6-4-3-5-7-17)20(25)19(24)22-13-12-16-8-10-18(21)11-9-16/h3-11,15H,12-14H2,1-2H3,(H,22,24). The maximum Gasteiger partial charge on any atom is 0.312 e. The van der Waals surface area contributed by atoms with Gasteiger partial charge in [-0.15, -0.1) is 0 Å². The lowest BCUT2D eigenvalue weighted by Gasteiger charge is -2.26. The highest BCUT2D eigenvalue weighted by atomic mass is 19.1. The Kier molecular flexibility index (Phi) is 6.69. The average molecular weight is 342 g/mol. The number of hydrogen-bond donors (Lipinski definition) is 1. The summed E-state index contributed by atoms with van der Waals surface area (Å²) in [6.45, 7) is 4.48. The van der Waals surface area contributed by atoms with Crippen LogP contribution in [0.5, 0.6) is 0 Å². The first-order chi connectivity index (χ1) is 12.0. The fourth-order valence-electron chi connectivity index (χ4n) is 2.45. The number of nitrogens with zero attached hydrogens (tertiary/aromatic N) is 1. The zero-order chi connectivity index (χ0) is 18.2. The van der Waals surface area contributed by atoms with E-state index in [2.05, 4.69) is 5.32 Å². The summed E-state index contributed by atoms with van der Waals surface area (Å²) in [7, 11) is 0. The number of carbonyl (C=O) groups is 2. The van der Waals surface area contributed by atoms with Crippen LogP contribution in [0.3, 0.4) is 0 Å². The normalized spacial score (nSPS) is 10.6. The van der Waals surface area contributed by atoms with Gasteiger partial charge in [0.2, 0.25) is 0 Å². The molecule has 0 fully saturated rings. The van der Waals surface area contributed by atoms with Crippen LogP contribution < -0.4 is 5.32 Å². The third-order valence-electron chi connectivity index (χ3n) is 3.89. The zero-order valence-corrected chi connectivity index (χ0v) is 14.5. The van der Waals surface area contributed by atoms with Crippen molar-refractivity contribution in [1.29, 1.82) is 0 Å². The highest BCUT2D eigenvalue weighted by Crippen LogP contribution is 2.09. The molecule has 2 aromatic carbocycles. The van der Waals surface area contributed by atoms with E-state index in [9.17, 15) is 14.0 Å². The first-order valence-electron chi connectivity index (χ1n) is 8.34. The lowest BCUT2D eigenvalue weighted by Crippen LogP contribution is -2.46. The van der Waals surface area contributed by atoms with Crippen molar-refractivity contribution in [2.45, 2.75) is 32.9 Å². The van der Waals surface area contributed by atoms with Gasteiger partial charge in [0, 0.05) is 19.1 Å². The number of nitrogens with one attached hydrogen (secondary N) is 1. The lowest BCUT2D eigenvalue weighted by atomic mass is 10.1. The molecule has 0 saturated heterocycles. The molecule has 0 radical (unpaired) electrons. The van der Waals surface area contributed by atoms with Crippen LogP contribution in [0.25, 0.3) is 0 Å². The van der Waals surface area contributed by atoms with Gasteiger partial charge in [-0.3, -0.25) is 9.59 Å². The highest BCUT2D eigenvalue weighted by Gasteiger charge is 2.23. The van der Waals surface area contributed by atoms with Crippen LogP contribution in [0.1, 0.15) is 25.0 Å². The van der Waals surface area contributed by atoms with Crippen LogP contribution >= 0.6 is 0 Å². The third-order valence-corrected chi connectivity index (χ3v) is 3.89. The molecule has 0 aromatic heterocycles. The quantitative estimate of drug-likeness (QED) is 0.821. The molecule has 25 heavy (non-hydrogen) atoms. The number of benzene rings is 2. The van der Waals surface area contributed by atoms with Gasteiger partial charge < -0.3 is 10.2 Å². The second kappa shape index (κ2) is 8.97. The Bertz CT molecular complexity index is 699. The summed E-state index contributed by atoms with van der Waals surface area (Å²) in [5, 5.41) is 2.64. The van der Waals surface area contributed by atoms with Crippen molar-refractivity contribution in [1.82, 2.24) is 10.2 Å². The third kappa shape index (κ3) is 5.71. The molecule has 132 valence electrons. The summed E-state index contributed by atoms with van der Waals surface area (Å²) in [5.74, 6) is -1.46. The molecule has 1 N–H and O–H groups in total. The van der Waals surface area contributed by atoms with Crippen LogP contribution in [-0.2, 0) is 22.6 Å². The van der Waals surface area contributed by atoms with Gasteiger partial charge in [-0.05, 0) is 43.5 Å². The maximum atomic E-state index is 12.9. The van der Waals surface area contributed by atoms with E-state index in [0.717, 1.165) is 11.1 Å². The van der Waals surface area contributed by atoms with Crippen molar-refractivity contribution in [3.63, 3.8) is 0 Å². The summed E-state index contributed by atoms with van der Waals surface area (Å²) in [4.78, 5) is 26.1. The van der Waals surface area contributed by atoms with Crippen LogP contribution in [0.15, 0.2) is 54.6 Å². The van der Waals surface area contributed by atoms with Crippen molar-refractivity contribution in [3.8, 4) is 0 Å². The van der Waals surface area contributed by atoms with Gasteiger partial charge in [0.25, 0.3) is 0 Å². The first kappa shape index (κ1) is 18.6. The van der Waals surface area contributed by atoms with Crippen LogP contribution in [0, 0.1) is 5.82 Å². The predicted octanol–water partition coefficient (Wildman–Crippen LogP) is 2.92. The van der Waals surface area contributed by atoms with Crippen molar-refractivity contribution in [3.05, 3.63) is 71.5 Å².